The number of carbonyl (C=O) groups is 1. The van der Waals surface area contributed by atoms with Crippen molar-refractivity contribution in [3.05, 3.63) is 70.2 Å². The first kappa shape index (κ1) is 22.7. The maximum Gasteiger partial charge on any atom is 0.191 e. The molecule has 1 heterocycles. The molecule has 2 nitrogen and oxygen atoms in total. The van der Waals surface area contributed by atoms with E-state index < -0.39 is 0 Å². The van der Waals surface area contributed by atoms with E-state index in [4.69, 9.17) is 11.6 Å². The standard InChI is InChI=1S/C23H29ClNO.Y/c1-19-10-9-13-23(24)22(19)16-21(26)18-25(14-7-2-3-8-15-25)17-20-11-5-4-6-12-20;/h4-6,9-13H,2-3,7-8,14-18H2,1H3;/q+1;. The second-order valence-electron chi connectivity index (χ2n) is 7.76. The molecule has 1 aliphatic rings. The Morgan fingerprint density at radius 3 is 2.26 bits per heavy atom. The molecule has 1 fully saturated rings. The normalized spacial score (nSPS) is 16.2. The predicted molar refractivity (Wildman–Crippen MR) is 108 cm³/mol. The van der Waals surface area contributed by atoms with Crippen molar-refractivity contribution in [1.82, 2.24) is 0 Å². The van der Waals surface area contributed by atoms with Gasteiger partial charge in [0.1, 0.15) is 13.1 Å². The largest absolute Gasteiger partial charge is 0.314 e. The van der Waals surface area contributed by atoms with E-state index in [0.29, 0.717) is 23.8 Å². The van der Waals surface area contributed by atoms with Crippen LogP contribution in [0.2, 0.25) is 5.02 Å². The molecular formula is C23H29ClNOY+. The molecule has 0 N–H and O–H groups in total. The predicted octanol–water partition coefficient (Wildman–Crippen LogP) is 5.35. The molecular weight excluding hydrogens is 431 g/mol. The molecule has 0 unspecified atom stereocenters. The minimum Gasteiger partial charge on any atom is -0.314 e. The zero-order chi connectivity index (χ0) is 18.4. The second kappa shape index (κ2) is 10.9. The number of hydrogen-bond donors (Lipinski definition) is 0. The molecule has 0 amide bonds. The van der Waals surface area contributed by atoms with Gasteiger partial charge in [0.25, 0.3) is 0 Å². The fraction of sp³-hybridized carbons (Fsp3) is 0.435. The Balaban J connectivity index is 0.00000261. The number of benzene rings is 2. The first-order chi connectivity index (χ1) is 12.6. The van der Waals surface area contributed by atoms with Gasteiger partial charge in [-0.15, -0.1) is 0 Å². The van der Waals surface area contributed by atoms with Crippen LogP contribution in [0.1, 0.15) is 42.4 Å². The van der Waals surface area contributed by atoms with E-state index >= 15 is 0 Å². The SMILES string of the molecule is Cc1cccc(Cl)c1CC(=O)C[N+]1(Cc2ccccc2)CCCCCC1.[Y]. The van der Waals surface area contributed by atoms with Gasteiger partial charge >= 0.3 is 0 Å². The third-order valence-corrected chi connectivity index (χ3v) is 5.97. The van der Waals surface area contributed by atoms with Crippen molar-refractivity contribution in [2.24, 2.45) is 0 Å². The monoisotopic (exact) mass is 459 g/mol. The fourth-order valence-electron chi connectivity index (χ4n) is 4.22. The Morgan fingerprint density at radius 1 is 0.963 bits per heavy atom. The molecule has 4 heteroatoms. The number of ketones is 1. The molecule has 1 radical (unpaired) electrons. The van der Waals surface area contributed by atoms with Gasteiger partial charge in [0.05, 0.1) is 13.1 Å². The van der Waals surface area contributed by atoms with Crippen molar-refractivity contribution in [2.75, 3.05) is 19.6 Å². The maximum absolute atomic E-state index is 13.0. The van der Waals surface area contributed by atoms with Crippen molar-refractivity contribution in [1.29, 1.82) is 0 Å². The second-order valence-corrected chi connectivity index (χ2v) is 8.16. The molecule has 1 saturated heterocycles. The van der Waals surface area contributed by atoms with Gasteiger partial charge in [0, 0.05) is 49.7 Å². The van der Waals surface area contributed by atoms with Crippen LogP contribution < -0.4 is 0 Å². The minimum absolute atomic E-state index is 0. The summed E-state index contributed by atoms with van der Waals surface area (Å²) in [6, 6.07) is 16.5. The van der Waals surface area contributed by atoms with Crippen LogP contribution in [0.5, 0.6) is 0 Å². The first-order valence-electron chi connectivity index (χ1n) is 9.73. The summed E-state index contributed by atoms with van der Waals surface area (Å²) >= 11 is 6.35. The Labute approximate surface area is 193 Å². The van der Waals surface area contributed by atoms with E-state index in [2.05, 4.69) is 30.3 Å². The average Bonchev–Trinajstić information content (AvgIpc) is 2.85. The van der Waals surface area contributed by atoms with E-state index in [9.17, 15) is 4.79 Å². The zero-order valence-corrected chi connectivity index (χ0v) is 19.9. The molecule has 3 rings (SSSR count). The van der Waals surface area contributed by atoms with E-state index in [1.807, 2.05) is 25.1 Å². The summed E-state index contributed by atoms with van der Waals surface area (Å²) in [5.74, 6) is 0.305. The Hall–Kier alpha value is -0.536. The molecule has 0 aromatic heterocycles. The van der Waals surface area contributed by atoms with Crippen LogP contribution in [0, 0.1) is 6.92 Å². The van der Waals surface area contributed by atoms with Crippen LogP contribution in [0.4, 0.5) is 0 Å². The van der Waals surface area contributed by atoms with Crippen molar-refractivity contribution in [3.8, 4) is 0 Å². The topological polar surface area (TPSA) is 17.1 Å². The van der Waals surface area contributed by atoms with Gasteiger partial charge in [-0.25, -0.2) is 0 Å². The molecule has 0 bridgehead atoms. The third-order valence-electron chi connectivity index (χ3n) is 5.61. The summed E-state index contributed by atoms with van der Waals surface area (Å²) in [4.78, 5) is 13.0. The summed E-state index contributed by atoms with van der Waals surface area (Å²) in [7, 11) is 0. The molecule has 0 saturated carbocycles. The molecule has 0 aliphatic carbocycles. The summed E-state index contributed by atoms with van der Waals surface area (Å²) in [6.45, 7) is 5.80. The average molecular weight is 460 g/mol. The quantitative estimate of drug-likeness (QED) is 0.532. The van der Waals surface area contributed by atoms with Crippen LogP contribution in [-0.2, 0) is 50.5 Å². The zero-order valence-electron chi connectivity index (χ0n) is 16.3. The maximum atomic E-state index is 13.0. The van der Waals surface area contributed by atoms with Crippen LogP contribution in [-0.4, -0.2) is 29.9 Å². The summed E-state index contributed by atoms with van der Waals surface area (Å²) in [5, 5.41) is 0.712. The van der Waals surface area contributed by atoms with E-state index in [1.165, 1.54) is 31.2 Å². The van der Waals surface area contributed by atoms with Gasteiger partial charge in [0.2, 0.25) is 0 Å². The van der Waals surface area contributed by atoms with Crippen molar-refractivity contribution < 1.29 is 42.0 Å². The van der Waals surface area contributed by atoms with Gasteiger partial charge in [-0.2, -0.15) is 0 Å². The molecule has 141 valence electrons. The third kappa shape index (κ3) is 6.49. The fourth-order valence-corrected chi connectivity index (χ4v) is 4.51. The summed E-state index contributed by atoms with van der Waals surface area (Å²) in [6.07, 6.45) is 5.44. The first-order valence-corrected chi connectivity index (χ1v) is 10.1. The number of aryl methyl sites for hydroxylation is 1. The molecule has 0 spiro atoms. The van der Waals surface area contributed by atoms with Gasteiger partial charge in [0.15, 0.2) is 5.78 Å². The number of hydrogen-bond acceptors (Lipinski definition) is 1. The van der Waals surface area contributed by atoms with Gasteiger partial charge in [-0.3, -0.25) is 4.79 Å². The number of carbonyl (C=O) groups excluding carboxylic acids is 1. The molecule has 0 atom stereocenters. The minimum atomic E-state index is 0. The molecule has 1 aliphatic heterocycles. The van der Waals surface area contributed by atoms with Gasteiger partial charge < -0.3 is 4.48 Å². The number of rotatable bonds is 6. The Bertz CT molecular complexity index is 719. The number of nitrogens with zero attached hydrogens (tertiary/aromatic N) is 1. The summed E-state index contributed by atoms with van der Waals surface area (Å²) < 4.78 is 0.895. The van der Waals surface area contributed by atoms with Crippen LogP contribution in [0.15, 0.2) is 48.5 Å². The van der Waals surface area contributed by atoms with Crippen molar-refractivity contribution in [3.63, 3.8) is 0 Å². The molecule has 2 aromatic carbocycles. The number of Topliss-reactive ketones (excluding diaryl/α,β-unsaturated/α-hetero) is 1. The van der Waals surface area contributed by atoms with E-state index in [1.54, 1.807) is 0 Å². The molecule has 2 aromatic rings. The number of quaternary nitrogens is 1. The van der Waals surface area contributed by atoms with E-state index in [0.717, 1.165) is 35.2 Å². The van der Waals surface area contributed by atoms with Gasteiger partial charge in [-0.1, -0.05) is 54.1 Å². The summed E-state index contributed by atoms with van der Waals surface area (Å²) in [5.41, 5.74) is 3.43. The van der Waals surface area contributed by atoms with Gasteiger partial charge in [-0.05, 0) is 49.8 Å². The van der Waals surface area contributed by atoms with Crippen LogP contribution in [0.3, 0.4) is 0 Å². The van der Waals surface area contributed by atoms with E-state index in [-0.39, 0.29) is 32.7 Å². The van der Waals surface area contributed by atoms with Crippen LogP contribution in [0.25, 0.3) is 0 Å². The van der Waals surface area contributed by atoms with Crippen LogP contribution >= 0.6 is 11.6 Å². The number of likely N-dealkylation sites (tertiary alicyclic amines) is 1. The van der Waals surface area contributed by atoms with Crippen molar-refractivity contribution >= 4 is 17.4 Å². The molecule has 27 heavy (non-hydrogen) atoms. The Morgan fingerprint density at radius 2 is 1.63 bits per heavy atom. The number of halogens is 1. The van der Waals surface area contributed by atoms with Crippen molar-refractivity contribution in [2.45, 2.75) is 45.6 Å². The smallest absolute Gasteiger partial charge is 0.191 e. The Kier molecular flexibility index (Phi) is 9.15.